The van der Waals surface area contributed by atoms with E-state index in [9.17, 15) is 13.2 Å². The Morgan fingerprint density at radius 1 is 1.14 bits per heavy atom. The number of ether oxygens (including phenoxy) is 1. The first-order valence-corrected chi connectivity index (χ1v) is 11.3. The smallest absolute Gasteiger partial charge is 0.286 e. The molecule has 28 heavy (non-hydrogen) atoms. The largest absolute Gasteiger partial charge is 0.379 e. The van der Waals surface area contributed by atoms with Gasteiger partial charge in [-0.1, -0.05) is 6.42 Å². The number of hydrogen-bond acceptors (Lipinski definition) is 6. The lowest BCUT2D eigenvalue weighted by Crippen LogP contribution is -2.41. The third-order valence-corrected chi connectivity index (χ3v) is 6.76. The summed E-state index contributed by atoms with van der Waals surface area (Å²) >= 11 is 0. The average Bonchev–Trinajstić information content (AvgIpc) is 2.93. The van der Waals surface area contributed by atoms with E-state index in [-0.39, 0.29) is 10.8 Å². The Morgan fingerprint density at radius 2 is 1.96 bits per heavy atom. The highest BCUT2D eigenvalue weighted by Gasteiger charge is 2.32. The standard InChI is InChI=1S/C19H26N4O4S/c24-19(20-7-9-22-10-12-27-13-11-22)15-5-6-16-17(14-15)28(25,26)21-18-4-2-1-3-8-23(16)18/h5-6,14H,1-4,7-13H2,(H,20,24). The van der Waals surface area contributed by atoms with Crippen LogP contribution in [0.2, 0.25) is 0 Å². The van der Waals surface area contributed by atoms with Gasteiger partial charge in [-0.25, -0.2) is 0 Å². The summed E-state index contributed by atoms with van der Waals surface area (Å²) in [6.07, 6.45) is 3.68. The fraction of sp³-hybridized carbons (Fsp3) is 0.579. The van der Waals surface area contributed by atoms with Crippen LogP contribution >= 0.6 is 0 Å². The number of amides is 1. The van der Waals surface area contributed by atoms with Crippen LogP contribution in [0.15, 0.2) is 27.5 Å². The summed E-state index contributed by atoms with van der Waals surface area (Å²) in [7, 11) is -3.78. The molecule has 0 unspecified atom stereocenters. The predicted octanol–water partition coefficient (Wildman–Crippen LogP) is 1.23. The van der Waals surface area contributed by atoms with E-state index < -0.39 is 10.0 Å². The van der Waals surface area contributed by atoms with Crippen LogP contribution in [0.1, 0.15) is 36.0 Å². The maximum absolute atomic E-state index is 12.7. The van der Waals surface area contributed by atoms with Crippen molar-refractivity contribution >= 4 is 27.5 Å². The van der Waals surface area contributed by atoms with Crippen LogP contribution in [0.3, 0.4) is 0 Å². The van der Waals surface area contributed by atoms with Gasteiger partial charge in [0.25, 0.3) is 15.9 Å². The first-order valence-electron chi connectivity index (χ1n) is 9.88. The van der Waals surface area contributed by atoms with Crippen molar-refractivity contribution in [3.8, 4) is 0 Å². The molecule has 0 bridgehead atoms. The van der Waals surface area contributed by atoms with E-state index in [1.165, 1.54) is 6.07 Å². The minimum Gasteiger partial charge on any atom is -0.379 e. The van der Waals surface area contributed by atoms with Crippen LogP contribution in [0, 0.1) is 0 Å². The maximum atomic E-state index is 12.7. The van der Waals surface area contributed by atoms with E-state index in [1.807, 2.05) is 4.90 Å². The minimum atomic E-state index is -3.78. The second-order valence-corrected chi connectivity index (χ2v) is 8.91. The van der Waals surface area contributed by atoms with Gasteiger partial charge in [0.15, 0.2) is 0 Å². The van der Waals surface area contributed by atoms with Crippen LogP contribution in [-0.2, 0) is 14.8 Å². The number of nitrogens with zero attached hydrogens (tertiary/aromatic N) is 3. The van der Waals surface area contributed by atoms with Crippen LogP contribution in [0.5, 0.6) is 0 Å². The Kier molecular flexibility index (Phi) is 5.65. The summed E-state index contributed by atoms with van der Waals surface area (Å²) in [5.74, 6) is 0.351. The van der Waals surface area contributed by atoms with E-state index >= 15 is 0 Å². The number of nitrogens with one attached hydrogen (secondary N) is 1. The van der Waals surface area contributed by atoms with E-state index in [1.54, 1.807) is 12.1 Å². The molecule has 0 radical (unpaired) electrons. The third-order valence-electron chi connectivity index (χ3n) is 5.43. The molecule has 0 spiro atoms. The van der Waals surface area contributed by atoms with Gasteiger partial charge in [0, 0.05) is 44.7 Å². The Hall–Kier alpha value is -1.97. The van der Waals surface area contributed by atoms with Gasteiger partial charge < -0.3 is 15.0 Å². The Morgan fingerprint density at radius 3 is 2.79 bits per heavy atom. The van der Waals surface area contributed by atoms with Gasteiger partial charge in [0.05, 0.1) is 18.9 Å². The number of sulfonamides is 1. The highest BCUT2D eigenvalue weighted by molar-refractivity contribution is 7.90. The summed E-state index contributed by atoms with van der Waals surface area (Å²) in [6, 6.07) is 4.90. The fourth-order valence-corrected chi connectivity index (χ4v) is 5.16. The van der Waals surface area contributed by atoms with E-state index in [0.29, 0.717) is 30.1 Å². The lowest BCUT2D eigenvalue weighted by atomic mass is 10.1. The van der Waals surface area contributed by atoms with Gasteiger partial charge in [-0.2, -0.15) is 8.42 Å². The Labute approximate surface area is 165 Å². The van der Waals surface area contributed by atoms with Crippen molar-refractivity contribution in [1.82, 2.24) is 10.2 Å². The molecule has 4 rings (SSSR count). The fourth-order valence-electron chi connectivity index (χ4n) is 3.88. The van der Waals surface area contributed by atoms with Gasteiger partial charge in [-0.15, -0.1) is 4.40 Å². The summed E-state index contributed by atoms with van der Waals surface area (Å²) < 4.78 is 34.7. The SMILES string of the molecule is O=C(NCCN1CCOCC1)c1ccc2c(c1)S(=O)(=O)N=C1CCCCCN12. The molecule has 152 valence electrons. The average molecular weight is 407 g/mol. The minimum absolute atomic E-state index is 0.124. The quantitative estimate of drug-likeness (QED) is 0.809. The van der Waals surface area contributed by atoms with Crippen molar-refractivity contribution in [3.63, 3.8) is 0 Å². The van der Waals surface area contributed by atoms with Crippen molar-refractivity contribution in [2.75, 3.05) is 50.8 Å². The first kappa shape index (κ1) is 19.4. The molecule has 1 aromatic rings. The zero-order valence-corrected chi connectivity index (χ0v) is 16.7. The van der Waals surface area contributed by atoms with Gasteiger partial charge in [-0.3, -0.25) is 9.69 Å². The molecule has 9 heteroatoms. The van der Waals surface area contributed by atoms with Gasteiger partial charge in [0.1, 0.15) is 10.7 Å². The summed E-state index contributed by atoms with van der Waals surface area (Å²) in [5.41, 5.74) is 0.981. The zero-order valence-electron chi connectivity index (χ0n) is 15.9. The van der Waals surface area contributed by atoms with Crippen LogP contribution in [-0.4, -0.2) is 71.0 Å². The van der Waals surface area contributed by atoms with Gasteiger partial charge >= 0.3 is 0 Å². The second kappa shape index (κ2) is 8.18. The number of benzene rings is 1. The number of anilines is 1. The lowest BCUT2D eigenvalue weighted by Gasteiger charge is -2.29. The highest BCUT2D eigenvalue weighted by atomic mass is 32.2. The summed E-state index contributed by atoms with van der Waals surface area (Å²) in [6.45, 7) is 5.18. The molecule has 3 aliphatic heterocycles. The first-order chi connectivity index (χ1) is 13.5. The molecule has 0 atom stereocenters. The monoisotopic (exact) mass is 406 g/mol. The van der Waals surface area contributed by atoms with E-state index in [2.05, 4.69) is 14.6 Å². The number of hydrogen-bond donors (Lipinski definition) is 1. The number of morpholine rings is 1. The molecule has 0 aromatic heterocycles. The molecule has 3 aliphatic rings. The predicted molar refractivity (Wildman–Crippen MR) is 106 cm³/mol. The molecular formula is C19H26N4O4S. The van der Waals surface area contributed by atoms with Crippen molar-refractivity contribution in [3.05, 3.63) is 23.8 Å². The Bertz CT molecular complexity index is 878. The third kappa shape index (κ3) is 4.06. The number of rotatable bonds is 4. The molecule has 2 saturated heterocycles. The normalized spacial score (nSPS) is 21.9. The number of carbonyl (C=O) groups excluding carboxylic acids is 1. The summed E-state index contributed by atoms with van der Waals surface area (Å²) in [5, 5.41) is 2.88. The molecule has 1 aromatic carbocycles. The second-order valence-electron chi connectivity index (χ2n) is 7.34. The van der Waals surface area contributed by atoms with E-state index in [0.717, 1.165) is 58.7 Å². The molecule has 3 heterocycles. The van der Waals surface area contributed by atoms with Crippen molar-refractivity contribution in [2.24, 2.45) is 4.40 Å². The summed E-state index contributed by atoms with van der Waals surface area (Å²) in [4.78, 5) is 16.9. The number of carbonyl (C=O) groups is 1. The van der Waals surface area contributed by atoms with Crippen LogP contribution in [0.25, 0.3) is 0 Å². The van der Waals surface area contributed by atoms with Crippen LogP contribution < -0.4 is 10.2 Å². The number of fused-ring (bicyclic) bond motifs is 3. The van der Waals surface area contributed by atoms with E-state index in [4.69, 9.17) is 4.74 Å². The van der Waals surface area contributed by atoms with Crippen molar-refractivity contribution in [2.45, 2.75) is 30.6 Å². The molecule has 1 N–H and O–H groups in total. The van der Waals surface area contributed by atoms with Crippen molar-refractivity contribution in [1.29, 1.82) is 0 Å². The maximum Gasteiger partial charge on any atom is 0.286 e. The Balaban J connectivity index is 1.48. The molecule has 2 fully saturated rings. The topological polar surface area (TPSA) is 91.3 Å². The van der Waals surface area contributed by atoms with Crippen LogP contribution in [0.4, 0.5) is 5.69 Å². The molecule has 1 amide bonds. The molecule has 0 aliphatic carbocycles. The van der Waals surface area contributed by atoms with Crippen molar-refractivity contribution < 1.29 is 17.9 Å². The molecule has 8 nitrogen and oxygen atoms in total. The number of amidine groups is 1. The highest BCUT2D eigenvalue weighted by Crippen LogP contribution is 2.34. The van der Waals surface area contributed by atoms with Gasteiger partial charge in [-0.05, 0) is 31.0 Å². The molecular weight excluding hydrogens is 380 g/mol. The lowest BCUT2D eigenvalue weighted by molar-refractivity contribution is 0.0383. The zero-order chi connectivity index (χ0) is 19.6. The molecule has 0 saturated carbocycles. The van der Waals surface area contributed by atoms with Gasteiger partial charge in [0.2, 0.25) is 0 Å².